The number of benzene rings is 1. The lowest BCUT2D eigenvalue weighted by molar-refractivity contribution is -0.123. The summed E-state index contributed by atoms with van der Waals surface area (Å²) in [4.78, 5) is 33.2. The molecule has 1 aromatic heterocycles. The molecule has 0 aliphatic carbocycles. The molecule has 0 bridgehead atoms. The maximum Gasteiger partial charge on any atom is 0.475 e. The predicted octanol–water partition coefficient (Wildman–Crippen LogP) is 0.430. The Labute approximate surface area is 176 Å². The fourth-order valence-electron chi connectivity index (χ4n) is 2.91. The zero-order valence-corrected chi connectivity index (χ0v) is 17.2. The van der Waals surface area contributed by atoms with Crippen molar-refractivity contribution in [2.24, 2.45) is 5.92 Å². The number of nitrogens with one attached hydrogen (secondary N) is 3. The van der Waals surface area contributed by atoms with Gasteiger partial charge < -0.3 is 26.0 Å². The molecule has 3 amide bonds. The Bertz CT molecular complexity index is 792. The predicted molar refractivity (Wildman–Crippen MR) is 113 cm³/mol. The highest BCUT2D eigenvalue weighted by Gasteiger charge is 2.30. The van der Waals surface area contributed by atoms with Gasteiger partial charge in [0.1, 0.15) is 6.04 Å². The van der Waals surface area contributed by atoms with Crippen LogP contribution in [-0.2, 0) is 17.8 Å². The molecule has 5 N–H and O–H groups in total. The highest BCUT2D eigenvalue weighted by molar-refractivity contribution is 6.43. The van der Waals surface area contributed by atoms with Crippen molar-refractivity contribution in [1.29, 1.82) is 0 Å². The molecule has 30 heavy (non-hydrogen) atoms. The van der Waals surface area contributed by atoms with Crippen LogP contribution in [0.5, 0.6) is 0 Å². The van der Waals surface area contributed by atoms with E-state index in [9.17, 15) is 19.6 Å². The Morgan fingerprint density at radius 2 is 1.83 bits per heavy atom. The van der Waals surface area contributed by atoms with Gasteiger partial charge in [0.05, 0.1) is 24.4 Å². The Hall–Kier alpha value is -2.98. The molecule has 0 aliphatic heterocycles. The van der Waals surface area contributed by atoms with Gasteiger partial charge in [-0.2, -0.15) is 0 Å². The zero-order valence-electron chi connectivity index (χ0n) is 17.2. The third kappa shape index (κ3) is 8.18. The Balaban J connectivity index is 2.05. The summed E-state index contributed by atoms with van der Waals surface area (Å²) in [6.07, 6.45) is 5.23. The van der Waals surface area contributed by atoms with Gasteiger partial charge in [0.25, 0.3) is 0 Å². The second kappa shape index (κ2) is 11.9. The van der Waals surface area contributed by atoms with E-state index < -0.39 is 31.0 Å². The van der Waals surface area contributed by atoms with Crippen molar-refractivity contribution in [2.75, 3.05) is 0 Å². The quantitative estimate of drug-likeness (QED) is 0.359. The summed E-state index contributed by atoms with van der Waals surface area (Å²) < 4.78 is 0. The largest absolute Gasteiger partial charge is 0.475 e. The van der Waals surface area contributed by atoms with Gasteiger partial charge in [-0.05, 0) is 17.9 Å². The van der Waals surface area contributed by atoms with Crippen molar-refractivity contribution in [2.45, 2.75) is 45.2 Å². The Morgan fingerprint density at radius 1 is 1.10 bits per heavy atom. The number of nitrogens with zero attached hydrogens (tertiary/aromatic N) is 2. The fourth-order valence-corrected chi connectivity index (χ4v) is 2.91. The molecule has 9 nitrogen and oxygen atoms in total. The van der Waals surface area contributed by atoms with Crippen molar-refractivity contribution in [1.82, 2.24) is 25.9 Å². The van der Waals surface area contributed by atoms with Crippen LogP contribution >= 0.6 is 0 Å². The Morgan fingerprint density at radius 3 is 2.43 bits per heavy atom. The number of hydrogen-bond donors (Lipinski definition) is 5. The fraction of sp³-hybridized carbons (Fsp3) is 0.400. The molecule has 0 saturated carbocycles. The van der Waals surface area contributed by atoms with Crippen LogP contribution in [0.25, 0.3) is 0 Å². The number of aromatic nitrogens is 2. The first-order valence-corrected chi connectivity index (χ1v) is 9.85. The van der Waals surface area contributed by atoms with Crippen LogP contribution in [0, 0.1) is 5.92 Å². The van der Waals surface area contributed by atoms with Crippen LogP contribution < -0.4 is 16.0 Å². The summed E-state index contributed by atoms with van der Waals surface area (Å²) in [7, 11) is -1.70. The van der Waals surface area contributed by atoms with Crippen LogP contribution in [0.3, 0.4) is 0 Å². The summed E-state index contributed by atoms with van der Waals surface area (Å²) in [5.41, 5.74) is 1.44. The monoisotopic (exact) mass is 413 g/mol. The SMILES string of the molecule is CC(C)CC(NC(=O)C(Cc1ccccc1)NC(=O)NCc1cnccn1)B(O)O. The van der Waals surface area contributed by atoms with Gasteiger partial charge >= 0.3 is 13.1 Å². The molecule has 1 aromatic carbocycles. The molecule has 10 heteroatoms. The van der Waals surface area contributed by atoms with E-state index in [1.165, 1.54) is 18.6 Å². The zero-order chi connectivity index (χ0) is 21.9. The standard InChI is InChI=1S/C20H28BN5O4/c1-14(2)10-18(21(29)30)26-19(27)17(11-15-6-4-3-5-7-15)25-20(28)24-13-16-12-22-8-9-23-16/h3-9,12,14,17-18,29-30H,10-11,13H2,1-2H3,(H,26,27)(H2,24,25,28). The molecular formula is C20H28BN5O4. The van der Waals surface area contributed by atoms with Crippen molar-refractivity contribution in [3.8, 4) is 0 Å². The average molecular weight is 413 g/mol. The summed E-state index contributed by atoms with van der Waals surface area (Å²) in [5, 5.41) is 27.2. The maximum atomic E-state index is 12.9. The van der Waals surface area contributed by atoms with E-state index in [1.54, 1.807) is 0 Å². The normalized spacial score (nSPS) is 12.7. The van der Waals surface area contributed by atoms with Crippen LogP contribution in [0.1, 0.15) is 31.5 Å². The summed E-state index contributed by atoms with van der Waals surface area (Å²) in [6, 6.07) is 7.82. The minimum absolute atomic E-state index is 0.146. The van der Waals surface area contributed by atoms with Crippen molar-refractivity contribution < 1.29 is 19.6 Å². The van der Waals surface area contributed by atoms with E-state index in [0.717, 1.165) is 5.56 Å². The average Bonchev–Trinajstić information content (AvgIpc) is 2.72. The first-order valence-electron chi connectivity index (χ1n) is 9.85. The number of carbonyl (C=O) groups excluding carboxylic acids is 2. The van der Waals surface area contributed by atoms with Crippen LogP contribution in [0.15, 0.2) is 48.9 Å². The summed E-state index contributed by atoms with van der Waals surface area (Å²) in [6.45, 7) is 3.99. The maximum absolute atomic E-state index is 12.9. The van der Waals surface area contributed by atoms with Gasteiger partial charge in [0.15, 0.2) is 0 Å². The number of carbonyl (C=O) groups is 2. The smallest absolute Gasteiger partial charge is 0.426 e. The molecule has 2 rings (SSSR count). The molecule has 0 spiro atoms. The second-order valence-electron chi connectivity index (χ2n) is 7.42. The molecule has 2 aromatic rings. The number of hydrogen-bond acceptors (Lipinski definition) is 6. The van der Waals surface area contributed by atoms with E-state index in [1.807, 2.05) is 44.2 Å². The van der Waals surface area contributed by atoms with Gasteiger partial charge in [-0.1, -0.05) is 44.2 Å². The third-order valence-electron chi connectivity index (χ3n) is 4.36. The van der Waals surface area contributed by atoms with Gasteiger partial charge in [-0.3, -0.25) is 14.8 Å². The van der Waals surface area contributed by atoms with Gasteiger partial charge in [0.2, 0.25) is 5.91 Å². The number of rotatable bonds is 10. The first kappa shape index (κ1) is 23.3. The number of amides is 3. The minimum atomic E-state index is -1.70. The van der Waals surface area contributed by atoms with Gasteiger partial charge in [0, 0.05) is 18.8 Å². The second-order valence-corrected chi connectivity index (χ2v) is 7.42. The minimum Gasteiger partial charge on any atom is -0.426 e. The molecule has 0 saturated heterocycles. The molecule has 1 heterocycles. The molecule has 0 radical (unpaired) electrons. The summed E-state index contributed by atoms with van der Waals surface area (Å²) >= 11 is 0. The third-order valence-corrected chi connectivity index (χ3v) is 4.36. The van der Waals surface area contributed by atoms with Gasteiger partial charge in [-0.15, -0.1) is 0 Å². The van der Waals surface area contributed by atoms with E-state index in [4.69, 9.17) is 0 Å². The van der Waals surface area contributed by atoms with Crippen molar-refractivity contribution in [3.63, 3.8) is 0 Å². The lowest BCUT2D eigenvalue weighted by Crippen LogP contribution is -2.56. The van der Waals surface area contributed by atoms with E-state index in [0.29, 0.717) is 12.1 Å². The Kier molecular flexibility index (Phi) is 9.24. The molecule has 0 fully saturated rings. The van der Waals surface area contributed by atoms with Gasteiger partial charge in [-0.25, -0.2) is 4.79 Å². The molecular weight excluding hydrogens is 385 g/mol. The summed E-state index contributed by atoms with van der Waals surface area (Å²) in [5.74, 6) is -1.18. The molecule has 0 aliphatic rings. The molecule has 2 unspecified atom stereocenters. The lowest BCUT2D eigenvalue weighted by atomic mass is 9.75. The highest BCUT2D eigenvalue weighted by atomic mass is 16.4. The van der Waals surface area contributed by atoms with Crippen LogP contribution in [0.2, 0.25) is 0 Å². The topological polar surface area (TPSA) is 136 Å². The van der Waals surface area contributed by atoms with Crippen molar-refractivity contribution in [3.05, 3.63) is 60.2 Å². The van der Waals surface area contributed by atoms with E-state index >= 15 is 0 Å². The van der Waals surface area contributed by atoms with E-state index in [2.05, 4.69) is 25.9 Å². The van der Waals surface area contributed by atoms with Crippen LogP contribution in [0.4, 0.5) is 4.79 Å². The molecule has 160 valence electrons. The lowest BCUT2D eigenvalue weighted by Gasteiger charge is -2.24. The van der Waals surface area contributed by atoms with Crippen molar-refractivity contribution >= 4 is 19.1 Å². The first-order chi connectivity index (χ1) is 14.3. The number of urea groups is 1. The van der Waals surface area contributed by atoms with E-state index in [-0.39, 0.29) is 18.9 Å². The molecule has 2 atom stereocenters. The highest BCUT2D eigenvalue weighted by Crippen LogP contribution is 2.08. The van der Waals surface area contributed by atoms with Crippen LogP contribution in [-0.4, -0.2) is 51.1 Å².